The minimum absolute atomic E-state index is 0.0559. The van der Waals surface area contributed by atoms with Gasteiger partial charge >= 0.3 is 5.97 Å². The smallest absolute Gasteiger partial charge is 0.323 e. The van der Waals surface area contributed by atoms with Crippen LogP contribution in [0.5, 0.6) is 0 Å². The van der Waals surface area contributed by atoms with Gasteiger partial charge in [0.15, 0.2) is 0 Å². The SMILES string of the molecule is CC(C)CN(CC(=O)O)C(=O)CSC1CCNCC1. The van der Waals surface area contributed by atoms with Gasteiger partial charge in [-0.1, -0.05) is 13.8 Å². The average Bonchev–Trinajstić information content (AvgIpc) is 2.35. The Kier molecular flexibility index (Phi) is 7.23. The van der Waals surface area contributed by atoms with Crippen LogP contribution in [0.25, 0.3) is 0 Å². The highest BCUT2D eigenvalue weighted by Gasteiger charge is 2.20. The van der Waals surface area contributed by atoms with Crippen LogP contribution in [0.1, 0.15) is 26.7 Å². The molecule has 0 aliphatic carbocycles. The van der Waals surface area contributed by atoms with Crippen molar-refractivity contribution in [2.45, 2.75) is 31.9 Å². The highest BCUT2D eigenvalue weighted by molar-refractivity contribution is 8.00. The molecular weight excluding hydrogens is 264 g/mol. The van der Waals surface area contributed by atoms with E-state index in [1.807, 2.05) is 13.8 Å². The van der Waals surface area contributed by atoms with E-state index in [4.69, 9.17) is 5.11 Å². The summed E-state index contributed by atoms with van der Waals surface area (Å²) in [5, 5.41) is 12.7. The molecule has 1 saturated heterocycles. The van der Waals surface area contributed by atoms with Gasteiger partial charge in [-0.2, -0.15) is 0 Å². The summed E-state index contributed by atoms with van der Waals surface area (Å²) in [5.41, 5.74) is 0. The van der Waals surface area contributed by atoms with E-state index in [9.17, 15) is 9.59 Å². The third kappa shape index (κ3) is 6.82. The molecule has 1 aliphatic rings. The fourth-order valence-electron chi connectivity index (χ4n) is 2.10. The molecule has 0 atom stereocenters. The predicted octanol–water partition coefficient (Wildman–Crippen LogP) is 1.04. The number of carboxylic acids is 1. The van der Waals surface area contributed by atoms with Gasteiger partial charge in [0.1, 0.15) is 6.54 Å². The molecule has 0 spiro atoms. The minimum Gasteiger partial charge on any atom is -0.480 e. The molecule has 0 aromatic carbocycles. The van der Waals surface area contributed by atoms with Gasteiger partial charge in [0.25, 0.3) is 0 Å². The molecule has 110 valence electrons. The summed E-state index contributed by atoms with van der Waals surface area (Å²) in [6.45, 7) is 6.32. The van der Waals surface area contributed by atoms with Crippen LogP contribution < -0.4 is 5.32 Å². The fraction of sp³-hybridized carbons (Fsp3) is 0.846. The normalized spacial score (nSPS) is 16.6. The summed E-state index contributed by atoms with van der Waals surface area (Å²) < 4.78 is 0. The van der Waals surface area contributed by atoms with Gasteiger partial charge < -0.3 is 15.3 Å². The maximum Gasteiger partial charge on any atom is 0.323 e. The molecule has 0 radical (unpaired) electrons. The highest BCUT2D eigenvalue weighted by Crippen LogP contribution is 2.20. The Labute approximate surface area is 119 Å². The average molecular weight is 288 g/mol. The van der Waals surface area contributed by atoms with Crippen LogP contribution in [-0.2, 0) is 9.59 Å². The zero-order chi connectivity index (χ0) is 14.3. The number of hydrogen-bond donors (Lipinski definition) is 2. The fourth-order valence-corrected chi connectivity index (χ4v) is 3.23. The number of carboxylic acid groups (broad SMARTS) is 1. The molecule has 6 heteroatoms. The van der Waals surface area contributed by atoms with Crippen molar-refractivity contribution in [1.29, 1.82) is 0 Å². The number of carbonyl (C=O) groups is 2. The Hall–Kier alpha value is -0.750. The quantitative estimate of drug-likeness (QED) is 0.732. The van der Waals surface area contributed by atoms with E-state index in [0.717, 1.165) is 25.9 Å². The van der Waals surface area contributed by atoms with Gasteiger partial charge in [-0.25, -0.2) is 0 Å². The number of aliphatic carboxylic acids is 1. The van der Waals surface area contributed by atoms with Crippen molar-refractivity contribution in [3.05, 3.63) is 0 Å². The van der Waals surface area contributed by atoms with Crippen LogP contribution in [-0.4, -0.2) is 59.1 Å². The van der Waals surface area contributed by atoms with Gasteiger partial charge in [-0.05, 0) is 31.8 Å². The molecule has 0 saturated carbocycles. The first-order valence-electron chi connectivity index (χ1n) is 6.81. The lowest BCUT2D eigenvalue weighted by atomic mass is 10.2. The Bertz CT molecular complexity index is 304. The van der Waals surface area contributed by atoms with E-state index in [-0.39, 0.29) is 18.4 Å². The molecular formula is C13H24N2O3S. The molecule has 1 aliphatic heterocycles. The number of amides is 1. The van der Waals surface area contributed by atoms with E-state index in [1.165, 1.54) is 4.90 Å². The molecule has 5 nitrogen and oxygen atoms in total. The molecule has 0 unspecified atom stereocenters. The number of hydrogen-bond acceptors (Lipinski definition) is 4. The first kappa shape index (κ1) is 16.3. The van der Waals surface area contributed by atoms with Crippen molar-refractivity contribution in [2.75, 3.05) is 31.9 Å². The highest BCUT2D eigenvalue weighted by atomic mass is 32.2. The van der Waals surface area contributed by atoms with Crippen molar-refractivity contribution in [3.63, 3.8) is 0 Å². The number of nitrogens with zero attached hydrogens (tertiary/aromatic N) is 1. The van der Waals surface area contributed by atoms with Crippen LogP contribution >= 0.6 is 11.8 Å². The topological polar surface area (TPSA) is 69.6 Å². The lowest BCUT2D eigenvalue weighted by molar-refractivity contribution is -0.143. The summed E-state index contributed by atoms with van der Waals surface area (Å²) in [4.78, 5) is 24.3. The molecule has 1 heterocycles. The second kappa shape index (κ2) is 8.43. The van der Waals surface area contributed by atoms with Crippen LogP contribution in [0.3, 0.4) is 0 Å². The second-order valence-corrected chi connectivity index (χ2v) is 6.61. The van der Waals surface area contributed by atoms with Gasteiger partial charge in [0, 0.05) is 11.8 Å². The van der Waals surface area contributed by atoms with E-state index in [0.29, 0.717) is 17.5 Å². The van der Waals surface area contributed by atoms with Crippen molar-refractivity contribution >= 4 is 23.6 Å². The summed E-state index contributed by atoms with van der Waals surface area (Å²) in [5.74, 6) is -0.322. The zero-order valence-corrected chi connectivity index (χ0v) is 12.5. The van der Waals surface area contributed by atoms with Crippen LogP contribution in [0.15, 0.2) is 0 Å². The largest absolute Gasteiger partial charge is 0.480 e. The van der Waals surface area contributed by atoms with E-state index in [2.05, 4.69) is 5.32 Å². The molecule has 1 fully saturated rings. The standard InChI is InChI=1S/C13H24N2O3S/c1-10(2)7-15(8-13(17)18)12(16)9-19-11-3-5-14-6-4-11/h10-11,14H,3-9H2,1-2H3,(H,17,18). The van der Waals surface area contributed by atoms with Crippen molar-refractivity contribution in [3.8, 4) is 0 Å². The number of piperidine rings is 1. The lowest BCUT2D eigenvalue weighted by Gasteiger charge is -2.25. The Balaban J connectivity index is 2.39. The minimum atomic E-state index is -0.944. The molecule has 0 aromatic rings. The van der Waals surface area contributed by atoms with Crippen molar-refractivity contribution in [1.82, 2.24) is 10.2 Å². The van der Waals surface area contributed by atoms with Gasteiger partial charge in [0.2, 0.25) is 5.91 Å². The Morgan fingerprint density at radius 3 is 2.53 bits per heavy atom. The second-order valence-electron chi connectivity index (χ2n) is 5.32. The van der Waals surface area contributed by atoms with Crippen LogP contribution in [0, 0.1) is 5.92 Å². The molecule has 0 aromatic heterocycles. The Morgan fingerprint density at radius 1 is 1.37 bits per heavy atom. The number of rotatable bonds is 7. The van der Waals surface area contributed by atoms with Gasteiger partial charge in [-0.3, -0.25) is 9.59 Å². The first-order valence-corrected chi connectivity index (χ1v) is 7.85. The molecule has 1 amide bonds. The number of carbonyl (C=O) groups excluding carboxylic acids is 1. The maximum atomic E-state index is 12.1. The first-order chi connectivity index (χ1) is 8.99. The van der Waals surface area contributed by atoms with E-state index in [1.54, 1.807) is 11.8 Å². The summed E-state index contributed by atoms with van der Waals surface area (Å²) in [6.07, 6.45) is 2.17. The summed E-state index contributed by atoms with van der Waals surface area (Å²) in [7, 11) is 0. The molecule has 1 rings (SSSR count). The van der Waals surface area contributed by atoms with Crippen LogP contribution in [0.4, 0.5) is 0 Å². The summed E-state index contributed by atoms with van der Waals surface area (Å²) >= 11 is 1.66. The van der Waals surface area contributed by atoms with Crippen molar-refractivity contribution < 1.29 is 14.7 Å². The third-order valence-corrected chi connectivity index (χ3v) is 4.35. The Morgan fingerprint density at radius 2 is 2.00 bits per heavy atom. The maximum absolute atomic E-state index is 12.1. The molecule has 2 N–H and O–H groups in total. The van der Waals surface area contributed by atoms with Crippen molar-refractivity contribution in [2.24, 2.45) is 5.92 Å². The molecule has 0 bridgehead atoms. The van der Waals surface area contributed by atoms with E-state index >= 15 is 0 Å². The number of nitrogens with one attached hydrogen (secondary N) is 1. The van der Waals surface area contributed by atoms with Gasteiger partial charge in [0.05, 0.1) is 5.75 Å². The predicted molar refractivity (Wildman–Crippen MR) is 77.4 cm³/mol. The van der Waals surface area contributed by atoms with Crippen LogP contribution in [0.2, 0.25) is 0 Å². The zero-order valence-electron chi connectivity index (χ0n) is 11.7. The number of thioether (sulfide) groups is 1. The van der Waals surface area contributed by atoms with Gasteiger partial charge in [-0.15, -0.1) is 11.8 Å². The lowest BCUT2D eigenvalue weighted by Crippen LogP contribution is -2.40. The summed E-state index contributed by atoms with van der Waals surface area (Å²) in [6, 6.07) is 0. The van der Waals surface area contributed by atoms with E-state index < -0.39 is 5.97 Å². The third-order valence-electron chi connectivity index (χ3n) is 2.99. The monoisotopic (exact) mass is 288 g/mol. The molecule has 19 heavy (non-hydrogen) atoms.